The van der Waals surface area contributed by atoms with Crippen LogP contribution in [0.1, 0.15) is 47.0 Å². The van der Waals surface area contributed by atoms with Gasteiger partial charge in [-0.25, -0.2) is 0 Å². The monoisotopic (exact) mass is 254 g/mol. The van der Waals surface area contributed by atoms with Crippen LogP contribution in [0.4, 0.5) is 0 Å². The van der Waals surface area contributed by atoms with Gasteiger partial charge in [0.1, 0.15) is 0 Å². The lowest BCUT2D eigenvalue weighted by molar-refractivity contribution is -0.140. The fourth-order valence-electron chi connectivity index (χ4n) is 1.64. The van der Waals surface area contributed by atoms with Gasteiger partial charge in [0.05, 0.1) is 18.3 Å². The van der Waals surface area contributed by atoms with Gasteiger partial charge >= 0.3 is 13.1 Å². The molecule has 1 fully saturated rings. The highest BCUT2D eigenvalue weighted by atomic mass is 16.7. The van der Waals surface area contributed by atoms with E-state index in [1.165, 1.54) is 7.11 Å². The lowest BCUT2D eigenvalue weighted by Gasteiger charge is -2.32. The summed E-state index contributed by atoms with van der Waals surface area (Å²) in [5.41, 5.74) is -0.595. The minimum atomic E-state index is -0.298. The molecule has 1 aliphatic rings. The Balaban J connectivity index is 2.31. The Morgan fingerprint density at radius 3 is 2.28 bits per heavy atom. The van der Waals surface area contributed by atoms with Crippen molar-refractivity contribution in [3.8, 4) is 0 Å². The normalized spacial score (nSPS) is 21.5. The molecule has 0 bridgehead atoms. The molecule has 0 spiro atoms. The van der Waals surface area contributed by atoms with E-state index in [1.54, 1.807) is 0 Å². The number of methoxy groups -OCH3 is 1. The van der Waals surface area contributed by atoms with Gasteiger partial charge in [-0.05, 0) is 40.5 Å². The molecule has 102 valence electrons. The van der Waals surface area contributed by atoms with E-state index in [1.807, 2.05) is 39.7 Å². The van der Waals surface area contributed by atoms with Crippen molar-refractivity contribution >= 4 is 13.1 Å². The Labute approximate surface area is 110 Å². The van der Waals surface area contributed by atoms with Gasteiger partial charge in [0.25, 0.3) is 0 Å². The highest BCUT2D eigenvalue weighted by molar-refractivity contribution is 6.51. The molecule has 18 heavy (non-hydrogen) atoms. The molecule has 0 unspecified atom stereocenters. The Morgan fingerprint density at radius 2 is 1.78 bits per heavy atom. The van der Waals surface area contributed by atoms with E-state index in [-0.39, 0.29) is 24.3 Å². The molecule has 4 nitrogen and oxygen atoms in total. The highest BCUT2D eigenvalue weighted by Crippen LogP contribution is 2.36. The highest BCUT2D eigenvalue weighted by Gasteiger charge is 2.49. The molecule has 1 heterocycles. The maximum absolute atomic E-state index is 10.9. The number of esters is 1. The number of allylic oxidation sites excluding steroid dienone is 1. The van der Waals surface area contributed by atoms with Gasteiger partial charge in [-0.3, -0.25) is 4.79 Å². The van der Waals surface area contributed by atoms with Gasteiger partial charge in [0, 0.05) is 6.42 Å². The molecule has 0 aromatic rings. The van der Waals surface area contributed by atoms with Crippen molar-refractivity contribution in [1.82, 2.24) is 0 Å². The van der Waals surface area contributed by atoms with Gasteiger partial charge in [0.2, 0.25) is 0 Å². The zero-order valence-corrected chi connectivity index (χ0v) is 12.0. The third kappa shape index (κ3) is 3.85. The number of rotatable bonds is 5. The van der Waals surface area contributed by atoms with Crippen molar-refractivity contribution in [2.75, 3.05) is 7.11 Å². The van der Waals surface area contributed by atoms with Crippen LogP contribution < -0.4 is 0 Å². The summed E-state index contributed by atoms with van der Waals surface area (Å²) in [7, 11) is 1.11. The van der Waals surface area contributed by atoms with Crippen LogP contribution in [0, 0.1) is 0 Å². The van der Waals surface area contributed by atoms with E-state index in [0.717, 1.165) is 12.8 Å². The molecule has 0 saturated carbocycles. The third-order valence-corrected chi connectivity index (χ3v) is 3.54. The van der Waals surface area contributed by atoms with E-state index in [4.69, 9.17) is 9.31 Å². The van der Waals surface area contributed by atoms with Crippen LogP contribution in [0.15, 0.2) is 12.1 Å². The molecular formula is C13H23BO4. The minimum Gasteiger partial charge on any atom is -0.469 e. The van der Waals surface area contributed by atoms with E-state index >= 15 is 0 Å². The van der Waals surface area contributed by atoms with Crippen molar-refractivity contribution in [3.05, 3.63) is 12.1 Å². The molecule has 0 amide bonds. The Bertz CT molecular complexity index is 307. The van der Waals surface area contributed by atoms with Crippen LogP contribution in [0.25, 0.3) is 0 Å². The molecule has 1 rings (SSSR count). The van der Waals surface area contributed by atoms with Gasteiger partial charge in [-0.15, -0.1) is 0 Å². The number of hydrogen-bond acceptors (Lipinski definition) is 4. The first-order valence-electron chi connectivity index (χ1n) is 6.37. The maximum atomic E-state index is 10.9. The molecule has 0 aliphatic carbocycles. The van der Waals surface area contributed by atoms with Crippen LogP contribution in [0.3, 0.4) is 0 Å². The average molecular weight is 254 g/mol. The topological polar surface area (TPSA) is 44.8 Å². The average Bonchev–Trinajstić information content (AvgIpc) is 2.46. The maximum Gasteiger partial charge on any atom is 0.486 e. The first-order chi connectivity index (χ1) is 8.28. The van der Waals surface area contributed by atoms with E-state index in [0.29, 0.717) is 6.42 Å². The SMILES string of the molecule is COC(=O)CCCC=CB1OC(C)(C)C(C)(C)O1. The fraction of sp³-hybridized carbons (Fsp3) is 0.769. The molecule has 0 radical (unpaired) electrons. The van der Waals surface area contributed by atoms with Crippen LogP contribution >= 0.6 is 0 Å². The van der Waals surface area contributed by atoms with Crippen molar-refractivity contribution in [2.45, 2.75) is 58.2 Å². The number of ether oxygens (including phenoxy) is 1. The molecule has 0 aromatic heterocycles. The number of hydrogen-bond donors (Lipinski definition) is 0. The summed E-state index contributed by atoms with van der Waals surface area (Å²) in [5, 5.41) is 0. The van der Waals surface area contributed by atoms with E-state index in [2.05, 4.69) is 4.74 Å². The Hall–Kier alpha value is -0.805. The summed E-state index contributed by atoms with van der Waals surface area (Å²) in [6, 6.07) is 0. The molecule has 0 atom stereocenters. The summed E-state index contributed by atoms with van der Waals surface area (Å²) in [5.74, 6) is 1.74. The second-order valence-corrected chi connectivity index (χ2v) is 5.52. The zero-order chi connectivity index (χ0) is 13.8. The van der Waals surface area contributed by atoms with Crippen molar-refractivity contribution < 1.29 is 18.8 Å². The summed E-state index contributed by atoms with van der Waals surface area (Å²) in [6.45, 7) is 8.10. The molecule has 0 N–H and O–H groups in total. The molecule has 5 heteroatoms. The lowest BCUT2D eigenvalue weighted by Crippen LogP contribution is -2.41. The van der Waals surface area contributed by atoms with Crippen LogP contribution in [0.5, 0.6) is 0 Å². The molecule has 1 aliphatic heterocycles. The Morgan fingerprint density at radius 1 is 1.22 bits per heavy atom. The van der Waals surface area contributed by atoms with Crippen molar-refractivity contribution in [3.63, 3.8) is 0 Å². The zero-order valence-electron chi connectivity index (χ0n) is 12.0. The van der Waals surface area contributed by atoms with Gasteiger partial charge in [-0.1, -0.05) is 12.1 Å². The quantitative estimate of drug-likeness (QED) is 0.429. The van der Waals surface area contributed by atoms with Crippen LogP contribution in [-0.4, -0.2) is 31.4 Å². The van der Waals surface area contributed by atoms with E-state index < -0.39 is 0 Å². The van der Waals surface area contributed by atoms with Crippen LogP contribution in [-0.2, 0) is 18.8 Å². The summed E-state index contributed by atoms with van der Waals surface area (Å²) >= 11 is 0. The fourth-order valence-corrected chi connectivity index (χ4v) is 1.64. The summed E-state index contributed by atoms with van der Waals surface area (Å²) in [6.07, 6.45) is 4.04. The lowest BCUT2D eigenvalue weighted by atomic mass is 9.89. The molecule has 1 saturated heterocycles. The smallest absolute Gasteiger partial charge is 0.469 e. The second-order valence-electron chi connectivity index (χ2n) is 5.52. The predicted molar refractivity (Wildman–Crippen MR) is 71.1 cm³/mol. The summed E-state index contributed by atoms with van der Waals surface area (Å²) in [4.78, 5) is 10.9. The van der Waals surface area contributed by atoms with Gasteiger partial charge < -0.3 is 14.0 Å². The minimum absolute atomic E-state index is 0.168. The van der Waals surface area contributed by atoms with E-state index in [9.17, 15) is 4.79 Å². The van der Waals surface area contributed by atoms with Gasteiger partial charge in [-0.2, -0.15) is 0 Å². The first-order valence-corrected chi connectivity index (χ1v) is 6.37. The standard InChI is InChI=1S/C13H23BO4/c1-12(2)13(3,4)18-14(17-12)10-8-6-7-9-11(15)16-5/h8,10H,6-7,9H2,1-5H3. The number of carbonyl (C=O) groups excluding carboxylic acids is 1. The summed E-state index contributed by atoms with van der Waals surface area (Å²) < 4.78 is 16.2. The molecule has 0 aromatic carbocycles. The predicted octanol–water partition coefficient (Wildman–Crippen LogP) is 2.52. The van der Waals surface area contributed by atoms with Gasteiger partial charge in [0.15, 0.2) is 0 Å². The molecular weight excluding hydrogens is 231 g/mol. The van der Waals surface area contributed by atoms with Crippen molar-refractivity contribution in [1.29, 1.82) is 0 Å². The van der Waals surface area contributed by atoms with Crippen molar-refractivity contribution in [2.24, 2.45) is 0 Å². The third-order valence-electron chi connectivity index (χ3n) is 3.54. The Kier molecular flexibility index (Phi) is 4.99. The first kappa shape index (κ1) is 15.3. The number of unbranched alkanes of at least 4 members (excludes halogenated alkanes) is 1. The number of carbonyl (C=O) groups is 1. The second kappa shape index (κ2) is 5.89. The van der Waals surface area contributed by atoms with Crippen LogP contribution in [0.2, 0.25) is 0 Å². The largest absolute Gasteiger partial charge is 0.486 e.